The van der Waals surface area contributed by atoms with Crippen molar-refractivity contribution in [2.75, 3.05) is 13.2 Å². The fourth-order valence-electron chi connectivity index (χ4n) is 1.37. The number of rotatable bonds is 2. The van der Waals surface area contributed by atoms with Crippen LogP contribution in [0.15, 0.2) is 0 Å². The minimum atomic E-state index is -0.101. The standard InChI is InChI=1S/C9H13NO2/c1-3-8-4-9(12)10(5-8)7(2)6-11/h1,7-8,11H,4-6H2,2H3. The van der Waals surface area contributed by atoms with Crippen LogP contribution in [0.3, 0.4) is 0 Å². The number of carbonyl (C=O) groups is 1. The molecule has 0 aromatic carbocycles. The summed E-state index contributed by atoms with van der Waals surface area (Å²) in [6, 6.07) is -0.101. The zero-order valence-corrected chi connectivity index (χ0v) is 7.16. The van der Waals surface area contributed by atoms with E-state index in [1.165, 1.54) is 0 Å². The molecular formula is C9H13NO2. The Morgan fingerprint density at radius 1 is 1.92 bits per heavy atom. The molecule has 1 amide bonds. The van der Waals surface area contributed by atoms with Crippen LogP contribution in [0, 0.1) is 18.3 Å². The van der Waals surface area contributed by atoms with Crippen molar-refractivity contribution in [1.29, 1.82) is 0 Å². The Labute approximate surface area is 72.4 Å². The molecule has 0 aliphatic carbocycles. The molecule has 0 spiro atoms. The fourth-order valence-corrected chi connectivity index (χ4v) is 1.37. The van der Waals surface area contributed by atoms with Gasteiger partial charge >= 0.3 is 0 Å². The van der Waals surface area contributed by atoms with E-state index in [0.717, 1.165) is 0 Å². The summed E-state index contributed by atoms with van der Waals surface area (Å²) in [5.41, 5.74) is 0. The molecule has 2 atom stereocenters. The maximum Gasteiger partial charge on any atom is 0.224 e. The van der Waals surface area contributed by atoms with Crippen LogP contribution in [0.25, 0.3) is 0 Å². The second-order valence-corrected chi connectivity index (χ2v) is 3.15. The SMILES string of the molecule is C#CC1CC(=O)N(C(C)CO)C1. The Morgan fingerprint density at radius 2 is 2.58 bits per heavy atom. The third-order valence-corrected chi connectivity index (χ3v) is 2.19. The van der Waals surface area contributed by atoms with Crippen molar-refractivity contribution in [3.8, 4) is 12.3 Å². The van der Waals surface area contributed by atoms with Crippen LogP contribution >= 0.6 is 0 Å². The van der Waals surface area contributed by atoms with E-state index in [1.54, 1.807) is 4.90 Å². The van der Waals surface area contributed by atoms with Crippen molar-refractivity contribution in [3.05, 3.63) is 0 Å². The molecule has 0 aromatic heterocycles. The highest BCUT2D eigenvalue weighted by molar-refractivity contribution is 5.79. The van der Waals surface area contributed by atoms with E-state index in [4.69, 9.17) is 11.5 Å². The molecule has 12 heavy (non-hydrogen) atoms. The highest BCUT2D eigenvalue weighted by Gasteiger charge is 2.30. The van der Waals surface area contributed by atoms with Crippen LogP contribution in [0.1, 0.15) is 13.3 Å². The summed E-state index contributed by atoms with van der Waals surface area (Å²) >= 11 is 0. The van der Waals surface area contributed by atoms with Gasteiger partial charge in [-0.15, -0.1) is 12.3 Å². The Morgan fingerprint density at radius 3 is 3.00 bits per heavy atom. The number of aliphatic hydroxyl groups excluding tert-OH is 1. The van der Waals surface area contributed by atoms with E-state index in [-0.39, 0.29) is 24.5 Å². The van der Waals surface area contributed by atoms with E-state index in [2.05, 4.69) is 5.92 Å². The first-order chi connectivity index (χ1) is 5.69. The number of terminal acetylenes is 1. The van der Waals surface area contributed by atoms with Crippen molar-refractivity contribution in [1.82, 2.24) is 4.90 Å². The third-order valence-electron chi connectivity index (χ3n) is 2.19. The molecule has 2 unspecified atom stereocenters. The Hall–Kier alpha value is -1.01. The van der Waals surface area contributed by atoms with Gasteiger partial charge in [-0.2, -0.15) is 0 Å². The molecule has 1 rings (SSSR count). The van der Waals surface area contributed by atoms with Crippen molar-refractivity contribution in [2.24, 2.45) is 5.92 Å². The monoisotopic (exact) mass is 167 g/mol. The van der Waals surface area contributed by atoms with Crippen LogP contribution in [-0.4, -0.2) is 35.1 Å². The summed E-state index contributed by atoms with van der Waals surface area (Å²) in [5.74, 6) is 2.65. The zero-order valence-electron chi connectivity index (χ0n) is 7.16. The third kappa shape index (κ3) is 1.59. The van der Waals surface area contributed by atoms with Crippen LogP contribution in [0.4, 0.5) is 0 Å². The van der Waals surface area contributed by atoms with Gasteiger partial charge < -0.3 is 10.0 Å². The van der Waals surface area contributed by atoms with Crippen LogP contribution in [0.5, 0.6) is 0 Å². The van der Waals surface area contributed by atoms with Crippen molar-refractivity contribution < 1.29 is 9.90 Å². The summed E-state index contributed by atoms with van der Waals surface area (Å²) in [6.07, 6.45) is 5.64. The molecule has 1 aliphatic heterocycles. The van der Waals surface area contributed by atoms with Crippen LogP contribution in [-0.2, 0) is 4.79 Å². The van der Waals surface area contributed by atoms with E-state index in [9.17, 15) is 4.79 Å². The maximum absolute atomic E-state index is 11.3. The van der Waals surface area contributed by atoms with Crippen LogP contribution in [0.2, 0.25) is 0 Å². The smallest absolute Gasteiger partial charge is 0.224 e. The summed E-state index contributed by atoms with van der Waals surface area (Å²) in [7, 11) is 0. The lowest BCUT2D eigenvalue weighted by molar-refractivity contribution is -0.130. The van der Waals surface area contributed by atoms with Crippen molar-refractivity contribution in [3.63, 3.8) is 0 Å². The quantitative estimate of drug-likeness (QED) is 0.581. The molecule has 0 aromatic rings. The number of aliphatic hydroxyl groups is 1. The number of likely N-dealkylation sites (tertiary alicyclic amines) is 1. The largest absolute Gasteiger partial charge is 0.394 e. The van der Waals surface area contributed by atoms with Crippen molar-refractivity contribution in [2.45, 2.75) is 19.4 Å². The molecule has 66 valence electrons. The number of nitrogens with zero attached hydrogens (tertiary/aromatic N) is 1. The molecule has 0 bridgehead atoms. The molecular weight excluding hydrogens is 154 g/mol. The van der Waals surface area contributed by atoms with Gasteiger partial charge in [0, 0.05) is 18.9 Å². The Balaban J connectivity index is 2.59. The topological polar surface area (TPSA) is 40.5 Å². The molecule has 3 nitrogen and oxygen atoms in total. The first kappa shape index (κ1) is 9.08. The lowest BCUT2D eigenvalue weighted by Crippen LogP contribution is -2.36. The summed E-state index contributed by atoms with van der Waals surface area (Å²) in [6.45, 7) is 2.41. The van der Waals surface area contributed by atoms with Gasteiger partial charge in [0.2, 0.25) is 5.91 Å². The highest BCUT2D eigenvalue weighted by Crippen LogP contribution is 2.18. The normalized spacial score (nSPS) is 25.6. The summed E-state index contributed by atoms with van der Waals surface area (Å²) < 4.78 is 0. The number of carbonyl (C=O) groups excluding carboxylic acids is 1. The minimum Gasteiger partial charge on any atom is -0.394 e. The predicted octanol–water partition coefficient (Wildman–Crippen LogP) is -0.151. The van der Waals surface area contributed by atoms with Gasteiger partial charge in [-0.25, -0.2) is 0 Å². The molecule has 1 heterocycles. The van der Waals surface area contributed by atoms with E-state index < -0.39 is 0 Å². The molecule has 1 saturated heterocycles. The zero-order chi connectivity index (χ0) is 9.14. The van der Waals surface area contributed by atoms with Crippen LogP contribution < -0.4 is 0 Å². The second-order valence-electron chi connectivity index (χ2n) is 3.15. The fraction of sp³-hybridized carbons (Fsp3) is 0.667. The second kappa shape index (κ2) is 3.59. The average molecular weight is 167 g/mol. The Kier molecular flexibility index (Phi) is 2.72. The molecule has 0 radical (unpaired) electrons. The number of amides is 1. The first-order valence-electron chi connectivity index (χ1n) is 4.05. The lowest BCUT2D eigenvalue weighted by atomic mass is 10.1. The summed E-state index contributed by atoms with van der Waals surface area (Å²) in [4.78, 5) is 12.9. The van der Waals surface area contributed by atoms with Gasteiger partial charge in [-0.1, -0.05) is 0 Å². The molecule has 3 heteroatoms. The van der Waals surface area contributed by atoms with Gasteiger partial charge in [-0.3, -0.25) is 4.79 Å². The van der Waals surface area contributed by atoms with E-state index in [1.807, 2.05) is 6.92 Å². The van der Waals surface area contributed by atoms with Crippen molar-refractivity contribution >= 4 is 5.91 Å². The first-order valence-corrected chi connectivity index (χ1v) is 4.05. The molecule has 0 saturated carbocycles. The van der Waals surface area contributed by atoms with E-state index in [0.29, 0.717) is 13.0 Å². The maximum atomic E-state index is 11.3. The van der Waals surface area contributed by atoms with Gasteiger partial charge in [0.15, 0.2) is 0 Å². The van der Waals surface area contributed by atoms with Gasteiger partial charge in [0.05, 0.1) is 12.6 Å². The summed E-state index contributed by atoms with van der Waals surface area (Å²) in [5, 5.41) is 8.83. The number of hydrogen-bond acceptors (Lipinski definition) is 2. The number of hydrogen-bond donors (Lipinski definition) is 1. The minimum absolute atomic E-state index is 0.00301. The molecule has 1 aliphatic rings. The average Bonchev–Trinajstić information content (AvgIpc) is 2.45. The highest BCUT2D eigenvalue weighted by atomic mass is 16.3. The Bertz CT molecular complexity index is 219. The predicted molar refractivity (Wildman–Crippen MR) is 45.2 cm³/mol. The lowest BCUT2D eigenvalue weighted by Gasteiger charge is -2.21. The van der Waals surface area contributed by atoms with E-state index >= 15 is 0 Å². The van der Waals surface area contributed by atoms with Gasteiger partial charge in [0.25, 0.3) is 0 Å². The molecule has 1 N–H and O–H groups in total. The van der Waals surface area contributed by atoms with Gasteiger partial charge in [-0.05, 0) is 6.92 Å². The van der Waals surface area contributed by atoms with Gasteiger partial charge in [0.1, 0.15) is 0 Å². The molecule has 1 fully saturated rings.